The molecule has 1 aromatic carbocycles. The summed E-state index contributed by atoms with van der Waals surface area (Å²) in [7, 11) is 0. The highest BCUT2D eigenvalue weighted by Crippen LogP contribution is 2.15. The lowest BCUT2D eigenvalue weighted by Gasteiger charge is -2.01. The molecule has 0 radical (unpaired) electrons. The Labute approximate surface area is 99.7 Å². The van der Waals surface area contributed by atoms with Crippen LogP contribution in [0, 0.1) is 18.6 Å². The second-order valence-corrected chi connectivity index (χ2v) is 2.52. The maximum atomic E-state index is 12.9. The molecule has 0 spiro atoms. The minimum absolute atomic E-state index is 0. The third-order valence-corrected chi connectivity index (χ3v) is 1.74. The van der Waals surface area contributed by atoms with Crippen molar-refractivity contribution in [3.63, 3.8) is 0 Å². The maximum Gasteiger partial charge on any atom is 0.162 e. The zero-order valence-electron chi connectivity index (χ0n) is 10.6. The first-order valence-electron chi connectivity index (χ1n) is 5.60. The lowest BCUT2D eigenvalue weighted by Crippen LogP contribution is -1.94. The van der Waals surface area contributed by atoms with Crippen molar-refractivity contribution in [3.05, 3.63) is 34.9 Å². The van der Waals surface area contributed by atoms with Gasteiger partial charge in [-0.1, -0.05) is 54.2 Å². The van der Waals surface area contributed by atoms with Crippen molar-refractivity contribution in [1.82, 2.24) is 0 Å². The number of rotatable bonds is 1. The van der Waals surface area contributed by atoms with Gasteiger partial charge in [0.15, 0.2) is 11.6 Å². The van der Waals surface area contributed by atoms with Crippen molar-refractivity contribution < 1.29 is 8.78 Å². The molecular weight excluding hydrogens is 206 g/mol. The van der Waals surface area contributed by atoms with Crippen LogP contribution in [0.3, 0.4) is 0 Å². The fourth-order valence-electron chi connectivity index (χ4n) is 0.959. The Morgan fingerprint density at radius 1 is 0.938 bits per heavy atom. The third-order valence-electron chi connectivity index (χ3n) is 1.74. The minimum Gasteiger partial charge on any atom is -0.203 e. The SMILES string of the molecule is C.CC.CC.CCc1ccc(C)c(F)c1F. The van der Waals surface area contributed by atoms with E-state index in [4.69, 9.17) is 0 Å². The zero-order chi connectivity index (χ0) is 12.4. The molecule has 16 heavy (non-hydrogen) atoms. The van der Waals surface area contributed by atoms with E-state index in [9.17, 15) is 8.78 Å². The maximum absolute atomic E-state index is 12.9. The van der Waals surface area contributed by atoms with E-state index in [0.29, 0.717) is 17.5 Å². The molecule has 0 bridgehead atoms. The van der Waals surface area contributed by atoms with Gasteiger partial charge >= 0.3 is 0 Å². The predicted octanol–water partition coefficient (Wildman–Crippen LogP) is 5.52. The summed E-state index contributed by atoms with van der Waals surface area (Å²) >= 11 is 0. The van der Waals surface area contributed by atoms with Gasteiger partial charge in [-0.15, -0.1) is 0 Å². The molecule has 0 atom stereocenters. The van der Waals surface area contributed by atoms with Gasteiger partial charge in [-0.2, -0.15) is 0 Å². The van der Waals surface area contributed by atoms with Crippen LogP contribution in [0.5, 0.6) is 0 Å². The van der Waals surface area contributed by atoms with Gasteiger partial charge in [0.05, 0.1) is 0 Å². The fraction of sp³-hybridized carbons (Fsp3) is 0.571. The first-order valence-corrected chi connectivity index (χ1v) is 5.60. The van der Waals surface area contributed by atoms with Gasteiger partial charge in [0, 0.05) is 0 Å². The summed E-state index contributed by atoms with van der Waals surface area (Å²) in [6.45, 7) is 11.4. The summed E-state index contributed by atoms with van der Waals surface area (Å²) in [6.07, 6.45) is 0.531. The molecule has 1 rings (SSSR count). The summed E-state index contributed by atoms with van der Waals surface area (Å²) in [5, 5.41) is 0. The number of halogens is 2. The van der Waals surface area contributed by atoms with Crippen LogP contribution in [0.1, 0.15) is 53.2 Å². The topological polar surface area (TPSA) is 0 Å². The van der Waals surface area contributed by atoms with Crippen molar-refractivity contribution in [2.75, 3.05) is 0 Å². The van der Waals surface area contributed by atoms with E-state index in [0.717, 1.165) is 0 Å². The molecule has 0 saturated carbocycles. The van der Waals surface area contributed by atoms with Gasteiger partial charge < -0.3 is 0 Å². The molecule has 0 aliphatic carbocycles. The van der Waals surface area contributed by atoms with Crippen LogP contribution < -0.4 is 0 Å². The second kappa shape index (κ2) is 12.2. The van der Waals surface area contributed by atoms with Gasteiger partial charge in [-0.05, 0) is 24.5 Å². The number of hydrogen-bond donors (Lipinski definition) is 0. The second-order valence-electron chi connectivity index (χ2n) is 2.52. The van der Waals surface area contributed by atoms with Crippen LogP contribution in [-0.2, 0) is 6.42 Å². The Morgan fingerprint density at radius 3 is 1.75 bits per heavy atom. The fourth-order valence-corrected chi connectivity index (χ4v) is 0.959. The highest BCUT2D eigenvalue weighted by atomic mass is 19.2. The smallest absolute Gasteiger partial charge is 0.162 e. The van der Waals surface area contributed by atoms with E-state index >= 15 is 0 Å². The van der Waals surface area contributed by atoms with Gasteiger partial charge in [-0.3, -0.25) is 0 Å². The summed E-state index contributed by atoms with van der Waals surface area (Å²) in [6, 6.07) is 3.21. The first-order chi connectivity index (χ1) is 7.16. The predicted molar refractivity (Wildman–Crippen MR) is 69.9 cm³/mol. The van der Waals surface area contributed by atoms with E-state index in [-0.39, 0.29) is 7.43 Å². The zero-order valence-corrected chi connectivity index (χ0v) is 10.6. The van der Waals surface area contributed by atoms with Crippen molar-refractivity contribution in [1.29, 1.82) is 0 Å². The lowest BCUT2D eigenvalue weighted by atomic mass is 10.1. The Balaban J connectivity index is -0.000000305. The van der Waals surface area contributed by atoms with E-state index in [1.165, 1.54) is 0 Å². The van der Waals surface area contributed by atoms with Crippen LogP contribution in [0.15, 0.2) is 12.1 Å². The molecule has 0 saturated heterocycles. The summed E-state index contributed by atoms with van der Waals surface area (Å²) < 4.78 is 25.7. The average Bonchev–Trinajstić information content (AvgIpc) is 2.32. The summed E-state index contributed by atoms with van der Waals surface area (Å²) in [4.78, 5) is 0. The van der Waals surface area contributed by atoms with Crippen molar-refractivity contribution >= 4 is 0 Å². The quantitative estimate of drug-likeness (QED) is 0.597. The van der Waals surface area contributed by atoms with Crippen LogP contribution in [0.4, 0.5) is 8.78 Å². The van der Waals surface area contributed by atoms with Crippen LogP contribution in [0.25, 0.3) is 0 Å². The van der Waals surface area contributed by atoms with E-state index < -0.39 is 11.6 Å². The first kappa shape index (κ1) is 20.5. The van der Waals surface area contributed by atoms with Crippen molar-refractivity contribution in [2.45, 2.75) is 55.4 Å². The van der Waals surface area contributed by atoms with Gasteiger partial charge in [0.1, 0.15) is 0 Å². The summed E-state index contributed by atoms with van der Waals surface area (Å²) in [5.74, 6) is -1.42. The van der Waals surface area contributed by atoms with E-state index in [1.54, 1.807) is 26.0 Å². The molecule has 0 nitrogen and oxygen atoms in total. The van der Waals surface area contributed by atoms with Gasteiger partial charge in [-0.25, -0.2) is 8.78 Å². The molecule has 0 aliphatic rings. The highest BCUT2D eigenvalue weighted by Gasteiger charge is 2.08. The molecule has 96 valence electrons. The Bertz CT molecular complexity index is 268. The van der Waals surface area contributed by atoms with Crippen LogP contribution >= 0.6 is 0 Å². The number of benzene rings is 1. The minimum atomic E-state index is -0.718. The Kier molecular flexibility index (Phi) is 15.6. The molecule has 0 N–H and O–H groups in total. The normalized spacial score (nSPS) is 7.75. The van der Waals surface area contributed by atoms with Gasteiger partial charge in [0.25, 0.3) is 0 Å². The Hall–Kier alpha value is -0.920. The molecule has 0 heterocycles. The van der Waals surface area contributed by atoms with E-state index in [1.807, 2.05) is 27.7 Å². The molecule has 0 amide bonds. The average molecular weight is 232 g/mol. The Morgan fingerprint density at radius 2 is 1.38 bits per heavy atom. The molecule has 1 aromatic rings. The summed E-state index contributed by atoms with van der Waals surface area (Å²) in [5.41, 5.74) is 0.799. The van der Waals surface area contributed by atoms with Crippen LogP contribution in [0.2, 0.25) is 0 Å². The molecule has 0 aliphatic heterocycles. The van der Waals surface area contributed by atoms with Crippen molar-refractivity contribution in [3.8, 4) is 0 Å². The number of hydrogen-bond acceptors (Lipinski definition) is 0. The van der Waals surface area contributed by atoms with E-state index in [2.05, 4.69) is 0 Å². The monoisotopic (exact) mass is 232 g/mol. The molecular formula is C14H26F2. The standard InChI is InChI=1S/C9H10F2.2C2H6.CH4/c1-3-7-5-4-6(2)8(10)9(7)11;2*1-2;/h4-5H,3H2,1-2H3;2*1-2H3;1H4. The molecule has 0 fully saturated rings. The van der Waals surface area contributed by atoms with Gasteiger partial charge in [0.2, 0.25) is 0 Å². The van der Waals surface area contributed by atoms with Crippen molar-refractivity contribution in [2.24, 2.45) is 0 Å². The molecule has 0 unspecified atom stereocenters. The third kappa shape index (κ3) is 5.84. The lowest BCUT2D eigenvalue weighted by molar-refractivity contribution is 0.494. The molecule has 2 heteroatoms. The van der Waals surface area contributed by atoms with Crippen LogP contribution in [-0.4, -0.2) is 0 Å². The number of aryl methyl sites for hydroxylation is 2. The molecule has 0 aromatic heterocycles. The highest BCUT2D eigenvalue weighted by molar-refractivity contribution is 5.25. The largest absolute Gasteiger partial charge is 0.203 e.